The zero-order valence-corrected chi connectivity index (χ0v) is 19.3. The van der Waals surface area contributed by atoms with Crippen molar-refractivity contribution in [1.82, 2.24) is 4.31 Å². The Balaban J connectivity index is 1.40. The van der Waals surface area contributed by atoms with Gasteiger partial charge in [-0.3, -0.25) is 4.79 Å². The number of nitrogens with zero attached hydrogens (tertiary/aromatic N) is 2. The fourth-order valence-electron chi connectivity index (χ4n) is 5.03. The number of anilines is 1. The van der Waals surface area contributed by atoms with Crippen molar-refractivity contribution < 1.29 is 22.7 Å². The van der Waals surface area contributed by atoms with E-state index < -0.39 is 16.1 Å². The molecule has 0 fully saturated rings. The maximum absolute atomic E-state index is 13.9. The number of rotatable bonds is 3. The lowest BCUT2D eigenvalue weighted by molar-refractivity contribution is -0.122. The van der Waals surface area contributed by atoms with E-state index in [2.05, 4.69) is 0 Å². The van der Waals surface area contributed by atoms with Gasteiger partial charge in [0.1, 0.15) is 19.3 Å². The molecule has 0 N–H and O–H groups in total. The van der Waals surface area contributed by atoms with Gasteiger partial charge >= 0.3 is 0 Å². The molecule has 3 aliphatic heterocycles. The number of carbonyl (C=O) groups is 1. The predicted octanol–water partition coefficient (Wildman–Crippen LogP) is 3.16. The molecule has 3 aromatic carbocycles. The van der Waals surface area contributed by atoms with Gasteiger partial charge in [-0.2, -0.15) is 4.31 Å². The molecule has 3 aliphatic rings. The van der Waals surface area contributed by atoms with Crippen LogP contribution in [0.25, 0.3) is 0 Å². The van der Waals surface area contributed by atoms with Crippen LogP contribution in [-0.4, -0.2) is 44.4 Å². The number of hydrogen-bond donors (Lipinski definition) is 0. The van der Waals surface area contributed by atoms with E-state index in [0.717, 1.165) is 28.8 Å². The van der Waals surface area contributed by atoms with Crippen molar-refractivity contribution in [3.05, 3.63) is 83.4 Å². The van der Waals surface area contributed by atoms with E-state index in [0.29, 0.717) is 37.7 Å². The minimum atomic E-state index is -3.99. The molecule has 3 heterocycles. The summed E-state index contributed by atoms with van der Waals surface area (Å²) >= 11 is 0. The summed E-state index contributed by atoms with van der Waals surface area (Å²) in [5.41, 5.74) is 3.88. The van der Waals surface area contributed by atoms with Crippen molar-refractivity contribution in [2.75, 3.05) is 24.7 Å². The molecule has 1 amide bonds. The summed E-state index contributed by atoms with van der Waals surface area (Å²) in [4.78, 5) is 15.7. The minimum Gasteiger partial charge on any atom is -0.486 e. The second-order valence-corrected chi connectivity index (χ2v) is 10.6. The Morgan fingerprint density at radius 2 is 1.56 bits per heavy atom. The van der Waals surface area contributed by atoms with E-state index in [1.807, 2.05) is 48.5 Å². The molecule has 0 saturated heterocycles. The number of amides is 1. The summed E-state index contributed by atoms with van der Waals surface area (Å²) in [6, 6.07) is 19.3. The fraction of sp³-hybridized carbons (Fsp3) is 0.269. The Bertz CT molecular complexity index is 1390. The zero-order chi connectivity index (χ0) is 23.3. The monoisotopic (exact) mass is 476 g/mol. The molecule has 1 atom stereocenters. The van der Waals surface area contributed by atoms with Gasteiger partial charge in [-0.15, -0.1) is 0 Å². The first-order valence-electron chi connectivity index (χ1n) is 11.4. The number of fused-ring (bicyclic) bond motifs is 3. The van der Waals surface area contributed by atoms with Gasteiger partial charge in [-0.25, -0.2) is 8.42 Å². The highest BCUT2D eigenvalue weighted by Gasteiger charge is 2.42. The van der Waals surface area contributed by atoms with Crippen LogP contribution in [0.2, 0.25) is 0 Å². The molecule has 0 spiro atoms. The summed E-state index contributed by atoms with van der Waals surface area (Å²) in [5, 5.41) is 0. The average molecular weight is 477 g/mol. The lowest BCUT2D eigenvalue weighted by Crippen LogP contribution is -2.53. The molecule has 0 radical (unpaired) electrons. The molecule has 174 valence electrons. The van der Waals surface area contributed by atoms with Crippen LogP contribution in [0, 0.1) is 0 Å². The summed E-state index contributed by atoms with van der Waals surface area (Å²) in [7, 11) is -3.99. The zero-order valence-electron chi connectivity index (χ0n) is 18.5. The average Bonchev–Trinajstić information content (AvgIpc) is 3.31. The van der Waals surface area contributed by atoms with Crippen LogP contribution in [0.3, 0.4) is 0 Å². The standard InChI is InChI=1S/C26H24N2O5S/c29-26(27-12-11-18-5-3-4-8-22(18)27)23-15-19-6-1-2-7-20(19)17-28(23)34(30,31)21-9-10-24-25(16-21)33-14-13-32-24/h1-10,16,23H,11-15,17H2/t23-/m0/s1. The van der Waals surface area contributed by atoms with Crippen LogP contribution >= 0.6 is 0 Å². The summed E-state index contributed by atoms with van der Waals surface area (Å²) < 4.78 is 40.3. The normalized spacial score (nSPS) is 19.4. The van der Waals surface area contributed by atoms with Gasteiger partial charge in [0.25, 0.3) is 0 Å². The first-order valence-corrected chi connectivity index (χ1v) is 12.8. The number of para-hydroxylation sites is 1. The van der Waals surface area contributed by atoms with Gasteiger partial charge in [0.15, 0.2) is 11.5 Å². The quantitative estimate of drug-likeness (QED) is 0.581. The molecule has 3 aromatic rings. The maximum atomic E-state index is 13.9. The highest BCUT2D eigenvalue weighted by Crippen LogP contribution is 2.37. The lowest BCUT2D eigenvalue weighted by Gasteiger charge is -2.37. The van der Waals surface area contributed by atoms with E-state index in [1.165, 1.54) is 16.4 Å². The van der Waals surface area contributed by atoms with E-state index >= 15 is 0 Å². The van der Waals surface area contributed by atoms with Crippen molar-refractivity contribution in [2.45, 2.75) is 30.3 Å². The molecule has 0 bridgehead atoms. The Morgan fingerprint density at radius 1 is 0.853 bits per heavy atom. The number of ether oxygens (including phenoxy) is 2. The summed E-state index contributed by atoms with van der Waals surface area (Å²) in [6.07, 6.45) is 1.09. The van der Waals surface area contributed by atoms with Crippen LogP contribution in [0.4, 0.5) is 5.69 Å². The van der Waals surface area contributed by atoms with Gasteiger partial charge in [-0.1, -0.05) is 42.5 Å². The van der Waals surface area contributed by atoms with Crippen LogP contribution in [-0.2, 0) is 34.2 Å². The molecule has 0 aromatic heterocycles. The van der Waals surface area contributed by atoms with Crippen molar-refractivity contribution in [3.63, 3.8) is 0 Å². The Morgan fingerprint density at radius 3 is 2.38 bits per heavy atom. The predicted molar refractivity (Wildman–Crippen MR) is 127 cm³/mol. The van der Waals surface area contributed by atoms with E-state index in [1.54, 1.807) is 11.0 Å². The minimum absolute atomic E-state index is 0.0933. The third-order valence-electron chi connectivity index (χ3n) is 6.76. The maximum Gasteiger partial charge on any atom is 0.245 e. The van der Waals surface area contributed by atoms with Crippen molar-refractivity contribution in [2.24, 2.45) is 0 Å². The fourth-order valence-corrected chi connectivity index (χ4v) is 6.60. The van der Waals surface area contributed by atoms with Crippen LogP contribution in [0.5, 0.6) is 11.5 Å². The number of benzene rings is 3. The second-order valence-electron chi connectivity index (χ2n) is 8.71. The Labute approximate surface area is 198 Å². The van der Waals surface area contributed by atoms with Gasteiger partial charge in [-0.05, 0) is 47.7 Å². The highest BCUT2D eigenvalue weighted by molar-refractivity contribution is 7.89. The third-order valence-corrected chi connectivity index (χ3v) is 8.61. The van der Waals surface area contributed by atoms with E-state index in [4.69, 9.17) is 9.47 Å². The first-order chi connectivity index (χ1) is 16.5. The smallest absolute Gasteiger partial charge is 0.245 e. The van der Waals surface area contributed by atoms with Crippen molar-refractivity contribution >= 4 is 21.6 Å². The van der Waals surface area contributed by atoms with Gasteiger partial charge in [0.05, 0.1) is 4.90 Å². The van der Waals surface area contributed by atoms with Crippen molar-refractivity contribution in [3.8, 4) is 11.5 Å². The Kier molecular flexibility index (Phi) is 5.08. The number of sulfonamides is 1. The van der Waals surface area contributed by atoms with Gasteiger partial charge in [0, 0.05) is 24.8 Å². The molecule has 8 heteroatoms. The number of hydrogen-bond acceptors (Lipinski definition) is 5. The lowest BCUT2D eigenvalue weighted by atomic mass is 9.95. The third kappa shape index (κ3) is 3.45. The molecule has 6 rings (SSSR count). The summed E-state index contributed by atoms with van der Waals surface area (Å²) in [5.74, 6) is 0.733. The summed E-state index contributed by atoms with van der Waals surface area (Å²) in [6.45, 7) is 1.48. The first kappa shape index (κ1) is 21.2. The molecule has 0 unspecified atom stereocenters. The topological polar surface area (TPSA) is 76.2 Å². The molecular weight excluding hydrogens is 452 g/mol. The SMILES string of the molecule is O=C([C@@H]1Cc2ccccc2CN1S(=O)(=O)c1ccc2c(c1)OCCO2)N1CCc2ccccc21. The van der Waals surface area contributed by atoms with Crippen LogP contribution in [0.1, 0.15) is 16.7 Å². The van der Waals surface area contributed by atoms with Crippen molar-refractivity contribution in [1.29, 1.82) is 0 Å². The highest BCUT2D eigenvalue weighted by atomic mass is 32.2. The van der Waals surface area contributed by atoms with Crippen LogP contribution in [0.15, 0.2) is 71.6 Å². The largest absolute Gasteiger partial charge is 0.486 e. The second kappa shape index (κ2) is 8.14. The Hall–Kier alpha value is -3.36. The van der Waals surface area contributed by atoms with E-state index in [-0.39, 0.29) is 17.3 Å². The number of carbonyl (C=O) groups excluding carboxylic acids is 1. The van der Waals surface area contributed by atoms with Gasteiger partial charge < -0.3 is 14.4 Å². The van der Waals surface area contributed by atoms with Gasteiger partial charge in [0.2, 0.25) is 15.9 Å². The van der Waals surface area contributed by atoms with Crippen LogP contribution < -0.4 is 14.4 Å². The van der Waals surface area contributed by atoms with E-state index in [9.17, 15) is 13.2 Å². The molecule has 0 aliphatic carbocycles. The molecular formula is C26H24N2O5S. The molecule has 34 heavy (non-hydrogen) atoms. The molecule has 7 nitrogen and oxygen atoms in total. The molecule has 0 saturated carbocycles.